The quantitative estimate of drug-likeness (QED) is 0.321. The van der Waals surface area contributed by atoms with Gasteiger partial charge in [0.1, 0.15) is 6.15 Å². The molecule has 0 aliphatic carbocycles. The normalized spacial score (nSPS) is 11.5. The first kappa shape index (κ1) is 21.3. The standard InChI is InChI=1S/C25H18BCl4/c1-17-16-24(30)14-15-25(17)26(18-2-8-21(27)9-3-18,19-4-10-22(28)11-5-19)20-6-12-23(29)13-7-20/h2-16H,1H3/q-1. The van der Waals surface area contributed by atoms with Gasteiger partial charge in [-0.15, -0.1) is 0 Å². The van der Waals surface area contributed by atoms with Crippen molar-refractivity contribution in [3.05, 3.63) is 117 Å². The van der Waals surface area contributed by atoms with Gasteiger partial charge in [-0.1, -0.05) is 94.4 Å². The topological polar surface area (TPSA) is 0 Å². The molecule has 0 amide bonds. The lowest BCUT2D eigenvalue weighted by Gasteiger charge is -2.45. The van der Waals surface area contributed by atoms with Gasteiger partial charge in [0, 0.05) is 20.1 Å². The molecule has 0 atom stereocenters. The molecule has 0 saturated heterocycles. The van der Waals surface area contributed by atoms with Gasteiger partial charge in [-0.2, -0.15) is 21.9 Å². The fourth-order valence-corrected chi connectivity index (χ4v) is 5.10. The summed E-state index contributed by atoms with van der Waals surface area (Å²) in [6, 6.07) is 30.3. The Hall–Kier alpha value is -1.90. The van der Waals surface area contributed by atoms with E-state index in [2.05, 4.69) is 49.4 Å². The van der Waals surface area contributed by atoms with E-state index in [1.165, 1.54) is 5.46 Å². The summed E-state index contributed by atoms with van der Waals surface area (Å²) in [4.78, 5) is 0. The van der Waals surface area contributed by atoms with Crippen molar-refractivity contribution >= 4 is 74.4 Å². The Morgan fingerprint density at radius 1 is 0.467 bits per heavy atom. The highest BCUT2D eigenvalue weighted by molar-refractivity contribution is 7.20. The first-order valence-corrected chi connectivity index (χ1v) is 11.1. The number of halogens is 4. The maximum atomic E-state index is 6.32. The van der Waals surface area contributed by atoms with Crippen LogP contribution in [0.1, 0.15) is 5.56 Å². The second-order valence-electron chi connectivity index (χ2n) is 7.52. The van der Waals surface area contributed by atoms with Crippen LogP contribution in [0, 0.1) is 6.92 Å². The monoisotopic (exact) mass is 469 g/mol. The van der Waals surface area contributed by atoms with Gasteiger partial charge in [-0.25, -0.2) is 0 Å². The predicted octanol–water partition coefficient (Wildman–Crippen LogP) is 5.99. The van der Waals surface area contributed by atoms with E-state index in [0.717, 1.165) is 22.0 Å². The summed E-state index contributed by atoms with van der Waals surface area (Å²) in [5, 5.41) is 2.81. The molecular weight excluding hydrogens is 453 g/mol. The Bertz CT molecular complexity index is 1060. The van der Waals surface area contributed by atoms with Gasteiger partial charge in [-0.05, 0) is 55.5 Å². The second kappa shape index (κ2) is 8.69. The third-order valence-corrected chi connectivity index (χ3v) is 6.80. The van der Waals surface area contributed by atoms with Crippen LogP contribution in [0.2, 0.25) is 20.1 Å². The minimum atomic E-state index is -1.53. The minimum absolute atomic E-state index is 0.698. The summed E-state index contributed by atoms with van der Waals surface area (Å²) in [6.45, 7) is 2.10. The van der Waals surface area contributed by atoms with Gasteiger partial charge in [0.2, 0.25) is 0 Å². The summed E-state index contributed by atoms with van der Waals surface area (Å²) in [7, 11) is 0. The summed E-state index contributed by atoms with van der Waals surface area (Å²) in [5.74, 6) is 0. The zero-order chi connectivity index (χ0) is 21.3. The summed E-state index contributed by atoms with van der Waals surface area (Å²) < 4.78 is 0. The Balaban J connectivity index is 2.16. The molecule has 0 N–H and O–H groups in total. The van der Waals surface area contributed by atoms with E-state index in [-0.39, 0.29) is 0 Å². The van der Waals surface area contributed by atoms with Crippen LogP contribution in [0.25, 0.3) is 0 Å². The van der Waals surface area contributed by atoms with E-state index >= 15 is 0 Å². The van der Waals surface area contributed by atoms with Gasteiger partial charge >= 0.3 is 0 Å². The van der Waals surface area contributed by atoms with Crippen LogP contribution in [0.15, 0.2) is 91.0 Å². The highest BCUT2D eigenvalue weighted by Crippen LogP contribution is 2.18. The molecule has 0 heterocycles. The highest BCUT2D eigenvalue weighted by atomic mass is 35.5. The maximum absolute atomic E-state index is 6.32. The molecule has 0 radical (unpaired) electrons. The van der Waals surface area contributed by atoms with Crippen LogP contribution in [0.4, 0.5) is 0 Å². The lowest BCUT2D eigenvalue weighted by Crippen LogP contribution is -2.75. The summed E-state index contributed by atoms with van der Waals surface area (Å²) >= 11 is 25.1. The zero-order valence-corrected chi connectivity index (χ0v) is 19.3. The van der Waals surface area contributed by atoms with E-state index in [1.54, 1.807) is 0 Å². The molecule has 0 unspecified atom stereocenters. The van der Waals surface area contributed by atoms with Crippen LogP contribution in [0.5, 0.6) is 0 Å². The van der Waals surface area contributed by atoms with Crippen molar-refractivity contribution in [3.63, 3.8) is 0 Å². The number of hydrogen-bond donors (Lipinski definition) is 0. The van der Waals surface area contributed by atoms with Crippen LogP contribution in [-0.4, -0.2) is 6.15 Å². The van der Waals surface area contributed by atoms with Gasteiger partial charge in [0.15, 0.2) is 0 Å². The Kier molecular flexibility index (Phi) is 6.18. The van der Waals surface area contributed by atoms with Gasteiger partial charge in [-0.3, -0.25) is 0 Å². The molecule has 0 fully saturated rings. The summed E-state index contributed by atoms with van der Waals surface area (Å²) in [5.41, 5.74) is 5.74. The first-order valence-electron chi connectivity index (χ1n) is 9.61. The van der Waals surface area contributed by atoms with Crippen molar-refractivity contribution in [2.75, 3.05) is 0 Å². The van der Waals surface area contributed by atoms with Crippen LogP contribution < -0.4 is 21.9 Å². The maximum Gasteiger partial charge on any atom is 0.108 e. The zero-order valence-electron chi connectivity index (χ0n) is 16.2. The molecule has 5 heteroatoms. The van der Waals surface area contributed by atoms with E-state index in [9.17, 15) is 0 Å². The molecule has 0 spiro atoms. The van der Waals surface area contributed by atoms with E-state index in [1.807, 2.05) is 48.5 Å². The lowest BCUT2D eigenvalue weighted by atomic mass is 9.12. The van der Waals surface area contributed by atoms with E-state index < -0.39 is 6.15 Å². The summed E-state index contributed by atoms with van der Waals surface area (Å²) in [6.07, 6.45) is -1.53. The number of benzene rings is 4. The molecule has 0 aliphatic heterocycles. The number of rotatable bonds is 4. The fourth-order valence-electron chi connectivity index (χ4n) is 4.50. The Morgan fingerprint density at radius 3 is 1.13 bits per heavy atom. The third-order valence-electron chi connectivity index (χ3n) is 5.81. The fraction of sp³-hybridized carbons (Fsp3) is 0.0400. The lowest BCUT2D eigenvalue weighted by molar-refractivity contribution is 1.50. The van der Waals surface area contributed by atoms with Gasteiger partial charge < -0.3 is 0 Å². The molecule has 0 nitrogen and oxygen atoms in total. The number of aryl methyl sites for hydroxylation is 1. The van der Waals surface area contributed by atoms with Crippen molar-refractivity contribution in [1.82, 2.24) is 0 Å². The molecule has 0 saturated carbocycles. The van der Waals surface area contributed by atoms with Crippen molar-refractivity contribution in [2.24, 2.45) is 0 Å². The molecular formula is C25H18BCl4-. The van der Waals surface area contributed by atoms with E-state index in [4.69, 9.17) is 46.4 Å². The van der Waals surface area contributed by atoms with E-state index in [0.29, 0.717) is 20.1 Å². The molecule has 0 bridgehead atoms. The molecule has 0 aliphatic rings. The van der Waals surface area contributed by atoms with Crippen LogP contribution in [-0.2, 0) is 0 Å². The van der Waals surface area contributed by atoms with Crippen molar-refractivity contribution < 1.29 is 0 Å². The highest BCUT2D eigenvalue weighted by Gasteiger charge is 2.32. The van der Waals surface area contributed by atoms with Crippen molar-refractivity contribution in [3.8, 4) is 0 Å². The average molecular weight is 471 g/mol. The second-order valence-corrected chi connectivity index (χ2v) is 9.27. The first-order chi connectivity index (χ1) is 14.4. The average Bonchev–Trinajstić information content (AvgIpc) is 2.73. The van der Waals surface area contributed by atoms with Gasteiger partial charge in [0.25, 0.3) is 0 Å². The Morgan fingerprint density at radius 2 is 0.800 bits per heavy atom. The van der Waals surface area contributed by atoms with Crippen molar-refractivity contribution in [2.45, 2.75) is 6.92 Å². The smallest absolute Gasteiger partial charge is 0.108 e. The van der Waals surface area contributed by atoms with Gasteiger partial charge in [0.05, 0.1) is 0 Å². The molecule has 150 valence electrons. The number of hydrogen-bond acceptors (Lipinski definition) is 0. The van der Waals surface area contributed by atoms with Crippen molar-refractivity contribution in [1.29, 1.82) is 0 Å². The SMILES string of the molecule is Cc1cc(Cl)ccc1[B-](c1ccc(Cl)cc1)(c1ccc(Cl)cc1)c1ccc(Cl)cc1. The minimum Gasteiger partial charge on any atom is -0.195 e. The molecule has 0 aromatic heterocycles. The third kappa shape index (κ3) is 3.88. The molecule has 4 aromatic carbocycles. The molecule has 4 aromatic rings. The van der Waals surface area contributed by atoms with Crippen LogP contribution >= 0.6 is 46.4 Å². The molecule has 4 rings (SSSR count). The Labute approximate surface area is 197 Å². The largest absolute Gasteiger partial charge is 0.195 e. The predicted molar refractivity (Wildman–Crippen MR) is 135 cm³/mol. The van der Waals surface area contributed by atoms with Crippen LogP contribution in [0.3, 0.4) is 0 Å². The molecule has 30 heavy (non-hydrogen) atoms.